The van der Waals surface area contributed by atoms with Gasteiger partial charge in [-0.2, -0.15) is 0 Å². The fourth-order valence-electron chi connectivity index (χ4n) is 4.09. The molecule has 5 heteroatoms. The van der Waals surface area contributed by atoms with Crippen LogP contribution in [0, 0.1) is 6.92 Å². The molecule has 2 aromatic carbocycles. The third-order valence-corrected chi connectivity index (χ3v) is 6.66. The molecule has 4 nitrogen and oxygen atoms in total. The molecule has 1 aliphatic heterocycles. The van der Waals surface area contributed by atoms with Crippen molar-refractivity contribution in [3.63, 3.8) is 0 Å². The largest absolute Gasteiger partial charge is 0.330 e. The molecule has 0 fully saturated rings. The molecule has 4 rings (SSSR count). The first-order valence-corrected chi connectivity index (χ1v) is 11.3. The minimum Gasteiger partial charge on any atom is -0.330 e. The summed E-state index contributed by atoms with van der Waals surface area (Å²) in [6.07, 6.45) is 2.51. The first-order valence-electron chi connectivity index (χ1n) is 10.5. The van der Waals surface area contributed by atoms with Gasteiger partial charge in [-0.1, -0.05) is 54.1 Å². The lowest BCUT2D eigenvalue weighted by Gasteiger charge is -2.37. The predicted octanol–water partition coefficient (Wildman–Crippen LogP) is 4.86. The topological polar surface area (TPSA) is 40.6 Å². The molecule has 2 amide bonds. The second-order valence-corrected chi connectivity index (χ2v) is 8.79. The third kappa shape index (κ3) is 4.47. The first-order chi connectivity index (χ1) is 15.1. The maximum absolute atomic E-state index is 13.5. The van der Waals surface area contributed by atoms with Gasteiger partial charge in [0, 0.05) is 23.5 Å². The summed E-state index contributed by atoms with van der Waals surface area (Å²) >= 11 is 1.75. The number of hydrogen-bond donors (Lipinski definition) is 0. The maximum Gasteiger partial charge on any atom is 0.254 e. The van der Waals surface area contributed by atoms with Crippen molar-refractivity contribution in [1.82, 2.24) is 9.80 Å². The Hall–Kier alpha value is -3.18. The minimum absolute atomic E-state index is 0.0293. The van der Waals surface area contributed by atoms with Crippen molar-refractivity contribution < 1.29 is 9.59 Å². The lowest BCUT2D eigenvalue weighted by atomic mass is 9.93. The average Bonchev–Trinajstić information content (AvgIpc) is 3.27. The van der Waals surface area contributed by atoms with Gasteiger partial charge in [0.05, 0.1) is 6.04 Å². The van der Waals surface area contributed by atoms with Gasteiger partial charge in [-0.05, 0) is 48.1 Å². The van der Waals surface area contributed by atoms with Crippen LogP contribution in [0.3, 0.4) is 0 Å². The van der Waals surface area contributed by atoms with Crippen molar-refractivity contribution in [2.45, 2.75) is 19.4 Å². The molecule has 3 aromatic rings. The van der Waals surface area contributed by atoms with Crippen LogP contribution in [0.2, 0.25) is 0 Å². The van der Waals surface area contributed by atoms with E-state index in [0.29, 0.717) is 18.7 Å². The molecule has 0 spiro atoms. The van der Waals surface area contributed by atoms with Crippen LogP contribution < -0.4 is 0 Å². The molecular weight excluding hydrogens is 404 g/mol. The van der Waals surface area contributed by atoms with Crippen molar-refractivity contribution in [1.29, 1.82) is 0 Å². The van der Waals surface area contributed by atoms with E-state index in [9.17, 15) is 9.59 Å². The van der Waals surface area contributed by atoms with Gasteiger partial charge in [0.1, 0.15) is 6.54 Å². The van der Waals surface area contributed by atoms with E-state index < -0.39 is 0 Å². The number of carbonyl (C=O) groups excluding carboxylic acids is 2. The van der Waals surface area contributed by atoms with Crippen LogP contribution in [0.5, 0.6) is 0 Å². The van der Waals surface area contributed by atoms with E-state index in [4.69, 9.17) is 0 Å². The van der Waals surface area contributed by atoms with Crippen molar-refractivity contribution in [3.05, 3.63) is 106 Å². The molecule has 0 aliphatic carbocycles. The Labute approximate surface area is 187 Å². The van der Waals surface area contributed by atoms with Gasteiger partial charge in [-0.3, -0.25) is 9.59 Å². The molecule has 1 unspecified atom stereocenters. The lowest BCUT2D eigenvalue weighted by Crippen LogP contribution is -2.46. The number of nitrogens with zero attached hydrogens (tertiary/aromatic N) is 2. The summed E-state index contributed by atoms with van der Waals surface area (Å²) in [4.78, 5) is 31.4. The normalized spacial score (nSPS) is 15.3. The molecule has 1 aliphatic rings. The van der Waals surface area contributed by atoms with E-state index in [1.807, 2.05) is 54.3 Å². The van der Waals surface area contributed by atoms with Gasteiger partial charge in [0.15, 0.2) is 0 Å². The van der Waals surface area contributed by atoms with Gasteiger partial charge in [-0.15, -0.1) is 17.9 Å². The summed E-state index contributed by atoms with van der Waals surface area (Å²) in [5.41, 5.74) is 3.96. The van der Waals surface area contributed by atoms with Gasteiger partial charge < -0.3 is 9.80 Å². The van der Waals surface area contributed by atoms with Crippen molar-refractivity contribution in [3.8, 4) is 0 Å². The Kier molecular flexibility index (Phi) is 6.33. The average molecular weight is 431 g/mol. The van der Waals surface area contributed by atoms with Gasteiger partial charge in [0.2, 0.25) is 5.91 Å². The van der Waals surface area contributed by atoms with Crippen LogP contribution in [0.15, 0.2) is 78.7 Å². The van der Waals surface area contributed by atoms with E-state index in [-0.39, 0.29) is 24.4 Å². The number of amides is 2. The number of benzene rings is 2. The number of rotatable bonds is 6. The molecule has 0 saturated heterocycles. The van der Waals surface area contributed by atoms with Crippen LogP contribution in [0.4, 0.5) is 0 Å². The zero-order valence-corrected chi connectivity index (χ0v) is 18.5. The van der Waals surface area contributed by atoms with E-state index in [0.717, 1.165) is 17.5 Å². The molecule has 0 N–H and O–H groups in total. The Balaban J connectivity index is 1.60. The Morgan fingerprint density at radius 1 is 1.13 bits per heavy atom. The van der Waals surface area contributed by atoms with Crippen LogP contribution in [0.1, 0.15) is 38.0 Å². The summed E-state index contributed by atoms with van der Waals surface area (Å²) in [6.45, 7) is 6.76. The summed E-state index contributed by atoms with van der Waals surface area (Å²) in [5, 5.41) is 2.10. The van der Waals surface area contributed by atoms with Crippen molar-refractivity contribution >= 4 is 23.2 Å². The minimum atomic E-state index is -0.155. The second kappa shape index (κ2) is 9.31. The van der Waals surface area contributed by atoms with E-state index in [1.54, 1.807) is 22.3 Å². The number of aryl methyl sites for hydroxylation is 1. The molecule has 1 aromatic heterocycles. The molecule has 0 bridgehead atoms. The van der Waals surface area contributed by atoms with Crippen LogP contribution in [0.25, 0.3) is 0 Å². The van der Waals surface area contributed by atoms with Gasteiger partial charge >= 0.3 is 0 Å². The van der Waals surface area contributed by atoms with Gasteiger partial charge in [-0.25, -0.2) is 0 Å². The van der Waals surface area contributed by atoms with E-state index >= 15 is 0 Å². The van der Waals surface area contributed by atoms with Crippen molar-refractivity contribution in [2.24, 2.45) is 0 Å². The maximum atomic E-state index is 13.5. The quantitative estimate of drug-likeness (QED) is 0.524. The van der Waals surface area contributed by atoms with Crippen molar-refractivity contribution in [2.75, 3.05) is 19.6 Å². The highest BCUT2D eigenvalue weighted by molar-refractivity contribution is 7.10. The number of hydrogen-bond acceptors (Lipinski definition) is 3. The molecule has 0 radical (unpaired) electrons. The zero-order chi connectivity index (χ0) is 21.8. The Morgan fingerprint density at radius 2 is 1.87 bits per heavy atom. The molecule has 158 valence electrons. The Bertz CT molecular complexity index is 1070. The predicted molar refractivity (Wildman–Crippen MR) is 125 cm³/mol. The Morgan fingerprint density at radius 3 is 2.58 bits per heavy atom. The lowest BCUT2D eigenvalue weighted by molar-refractivity contribution is -0.133. The summed E-state index contributed by atoms with van der Waals surface area (Å²) < 4.78 is 0. The molecule has 2 heterocycles. The van der Waals surface area contributed by atoms with Crippen LogP contribution >= 0.6 is 11.3 Å². The highest BCUT2D eigenvalue weighted by Crippen LogP contribution is 2.37. The number of thiophene rings is 1. The third-order valence-electron chi connectivity index (χ3n) is 5.66. The number of fused-ring (bicyclic) bond motifs is 1. The highest BCUT2D eigenvalue weighted by Gasteiger charge is 2.33. The molecular formula is C26H26N2O2S. The fraction of sp³-hybridized carbons (Fsp3) is 0.231. The summed E-state index contributed by atoms with van der Waals surface area (Å²) in [5.74, 6) is -0.203. The fourth-order valence-corrected chi connectivity index (χ4v) is 4.99. The monoisotopic (exact) mass is 430 g/mol. The molecule has 31 heavy (non-hydrogen) atoms. The first kappa shape index (κ1) is 21.1. The molecule has 0 saturated carbocycles. The van der Waals surface area contributed by atoms with Crippen LogP contribution in [-0.2, 0) is 11.2 Å². The standard InChI is InChI=1S/C26H26N2O2S/c1-3-15-27(26(30)21-11-9-19(2)10-12-21)18-24(29)28-16-13-23-22(14-17-31-23)25(28)20-7-5-4-6-8-20/h3-12,14,17,25H,1,13,15-16,18H2,2H3. The summed E-state index contributed by atoms with van der Waals surface area (Å²) in [7, 11) is 0. The zero-order valence-electron chi connectivity index (χ0n) is 17.7. The van der Waals surface area contributed by atoms with Crippen LogP contribution in [-0.4, -0.2) is 41.2 Å². The number of carbonyl (C=O) groups is 2. The second-order valence-electron chi connectivity index (χ2n) is 7.79. The van der Waals surface area contributed by atoms with E-state index in [1.165, 1.54) is 10.4 Å². The van der Waals surface area contributed by atoms with E-state index in [2.05, 4.69) is 30.2 Å². The SMILES string of the molecule is C=CCN(CC(=O)N1CCc2sccc2C1c1ccccc1)C(=O)c1ccc(C)cc1. The smallest absolute Gasteiger partial charge is 0.254 e. The highest BCUT2D eigenvalue weighted by atomic mass is 32.1. The van der Waals surface area contributed by atoms with Gasteiger partial charge in [0.25, 0.3) is 5.91 Å². The molecule has 1 atom stereocenters. The summed E-state index contributed by atoms with van der Waals surface area (Å²) in [6, 6.07) is 19.6.